The molecule has 4 rings (SSSR count). The van der Waals surface area contributed by atoms with Crippen LogP contribution >= 0.6 is 11.3 Å². The third kappa shape index (κ3) is 5.26. The van der Waals surface area contributed by atoms with Crippen molar-refractivity contribution in [3.8, 4) is 5.75 Å². The van der Waals surface area contributed by atoms with Crippen LogP contribution in [0.15, 0.2) is 48.0 Å². The van der Waals surface area contributed by atoms with Gasteiger partial charge in [0, 0.05) is 55.9 Å². The van der Waals surface area contributed by atoms with Crippen LogP contribution in [0.25, 0.3) is 0 Å². The average molecular weight is 467 g/mol. The predicted octanol–water partition coefficient (Wildman–Crippen LogP) is 3.80. The van der Waals surface area contributed by atoms with Gasteiger partial charge in [0.2, 0.25) is 5.95 Å². The van der Waals surface area contributed by atoms with Gasteiger partial charge in [-0.15, -0.1) is 11.3 Å². The van der Waals surface area contributed by atoms with Gasteiger partial charge < -0.3 is 25.2 Å². The molecule has 0 bridgehead atoms. The summed E-state index contributed by atoms with van der Waals surface area (Å²) >= 11 is 1.69. The average Bonchev–Trinajstić information content (AvgIpc) is 3.33. The standard InChI is InChI=1S/C24H30N6O2S/c1-4-26-24-27-16-19-22(28-24)29(3)12-13-30(23(19)31)17-7-5-8-18(15-17)32-20(10-11-25-2)21-9-6-14-33-21/h5-9,14-16,20,25H,4,10-13H2,1-3H3,(H,26,27,28)/t20-/m0/s1. The van der Waals surface area contributed by atoms with Gasteiger partial charge in [0.25, 0.3) is 5.91 Å². The number of hydrogen-bond acceptors (Lipinski definition) is 8. The van der Waals surface area contributed by atoms with Gasteiger partial charge in [0.15, 0.2) is 0 Å². The molecule has 1 atom stereocenters. The Hall–Kier alpha value is -3.17. The van der Waals surface area contributed by atoms with E-state index in [2.05, 4.69) is 32.0 Å². The zero-order valence-electron chi connectivity index (χ0n) is 19.2. The minimum absolute atomic E-state index is 0.0442. The molecule has 3 heterocycles. The number of carbonyl (C=O) groups is 1. The van der Waals surface area contributed by atoms with E-state index in [0.717, 1.165) is 30.9 Å². The maximum absolute atomic E-state index is 13.5. The highest BCUT2D eigenvalue weighted by Gasteiger charge is 2.28. The van der Waals surface area contributed by atoms with E-state index in [1.54, 1.807) is 22.4 Å². The molecule has 2 N–H and O–H groups in total. The van der Waals surface area contributed by atoms with Crippen LogP contribution in [0.3, 0.4) is 0 Å². The number of nitrogens with one attached hydrogen (secondary N) is 2. The Morgan fingerprint density at radius 2 is 2.12 bits per heavy atom. The highest BCUT2D eigenvalue weighted by atomic mass is 32.1. The molecule has 0 saturated carbocycles. The SMILES string of the molecule is CCNc1ncc2c(n1)N(C)CCN(c1cccc(O[C@@H](CCNC)c3cccs3)c1)C2=O. The van der Waals surface area contributed by atoms with E-state index >= 15 is 0 Å². The summed E-state index contributed by atoms with van der Waals surface area (Å²) < 4.78 is 6.38. The van der Waals surface area contributed by atoms with E-state index in [0.29, 0.717) is 30.4 Å². The van der Waals surface area contributed by atoms with Crippen LogP contribution in [0.2, 0.25) is 0 Å². The maximum atomic E-state index is 13.5. The van der Waals surface area contributed by atoms with E-state index < -0.39 is 0 Å². The van der Waals surface area contributed by atoms with Crippen LogP contribution in [0.1, 0.15) is 34.7 Å². The monoisotopic (exact) mass is 466 g/mol. The molecular weight excluding hydrogens is 436 g/mol. The molecule has 1 aromatic carbocycles. The number of likely N-dealkylation sites (N-methyl/N-ethyl adjacent to an activating group) is 1. The number of amides is 1. The van der Waals surface area contributed by atoms with Crippen molar-refractivity contribution in [2.45, 2.75) is 19.4 Å². The van der Waals surface area contributed by atoms with E-state index in [-0.39, 0.29) is 12.0 Å². The zero-order valence-corrected chi connectivity index (χ0v) is 20.1. The molecule has 0 saturated heterocycles. The highest BCUT2D eigenvalue weighted by Crippen LogP contribution is 2.32. The van der Waals surface area contributed by atoms with Crippen molar-refractivity contribution in [3.05, 3.63) is 58.4 Å². The molecule has 2 aromatic heterocycles. The lowest BCUT2D eigenvalue weighted by Crippen LogP contribution is -2.33. The Labute approximate surface area is 198 Å². The minimum atomic E-state index is -0.112. The second-order valence-electron chi connectivity index (χ2n) is 7.85. The molecule has 0 spiro atoms. The summed E-state index contributed by atoms with van der Waals surface area (Å²) in [6, 6.07) is 11.9. The minimum Gasteiger partial charge on any atom is -0.485 e. The lowest BCUT2D eigenvalue weighted by molar-refractivity contribution is 0.0989. The van der Waals surface area contributed by atoms with Crippen molar-refractivity contribution in [2.75, 3.05) is 55.4 Å². The molecule has 0 radical (unpaired) electrons. The van der Waals surface area contributed by atoms with Crippen molar-refractivity contribution in [3.63, 3.8) is 0 Å². The lowest BCUT2D eigenvalue weighted by atomic mass is 10.2. The lowest BCUT2D eigenvalue weighted by Gasteiger charge is -2.23. The van der Waals surface area contributed by atoms with Gasteiger partial charge in [-0.2, -0.15) is 4.98 Å². The predicted molar refractivity (Wildman–Crippen MR) is 134 cm³/mol. The van der Waals surface area contributed by atoms with Gasteiger partial charge in [-0.3, -0.25) is 4.79 Å². The summed E-state index contributed by atoms with van der Waals surface area (Å²) in [5, 5.41) is 8.38. The zero-order chi connectivity index (χ0) is 23.2. The Balaban J connectivity index is 1.59. The number of aromatic nitrogens is 2. The maximum Gasteiger partial charge on any atom is 0.263 e. The number of rotatable bonds is 9. The van der Waals surface area contributed by atoms with Crippen molar-refractivity contribution >= 4 is 34.7 Å². The van der Waals surface area contributed by atoms with Crippen LogP contribution in [-0.4, -0.2) is 56.1 Å². The molecule has 8 nitrogen and oxygen atoms in total. The normalized spacial score (nSPS) is 14.6. The van der Waals surface area contributed by atoms with Gasteiger partial charge in [-0.1, -0.05) is 12.1 Å². The van der Waals surface area contributed by atoms with Crippen LogP contribution in [0.4, 0.5) is 17.5 Å². The van der Waals surface area contributed by atoms with E-state index in [9.17, 15) is 4.79 Å². The summed E-state index contributed by atoms with van der Waals surface area (Å²) in [4.78, 5) is 27.3. The number of thiophene rings is 1. The fourth-order valence-corrected chi connectivity index (χ4v) is 4.59. The van der Waals surface area contributed by atoms with E-state index in [1.165, 1.54) is 4.88 Å². The second kappa shape index (κ2) is 10.6. The number of hydrogen-bond donors (Lipinski definition) is 2. The van der Waals surface area contributed by atoms with Crippen LogP contribution in [0, 0.1) is 0 Å². The third-order valence-corrected chi connectivity index (χ3v) is 6.49. The molecule has 9 heteroatoms. The Morgan fingerprint density at radius 3 is 2.88 bits per heavy atom. The molecule has 1 amide bonds. The summed E-state index contributed by atoms with van der Waals surface area (Å²) in [6.45, 7) is 4.76. The fraction of sp³-hybridized carbons (Fsp3) is 0.375. The van der Waals surface area contributed by atoms with Gasteiger partial charge in [0.1, 0.15) is 23.2 Å². The molecular formula is C24H30N6O2S. The first kappa shape index (κ1) is 23.0. The first-order chi connectivity index (χ1) is 16.1. The summed E-state index contributed by atoms with van der Waals surface area (Å²) in [6.07, 6.45) is 2.42. The highest BCUT2D eigenvalue weighted by molar-refractivity contribution is 7.10. The van der Waals surface area contributed by atoms with Gasteiger partial charge in [0.05, 0.1) is 0 Å². The Kier molecular flexibility index (Phi) is 7.41. The van der Waals surface area contributed by atoms with E-state index in [1.807, 2.05) is 56.3 Å². The van der Waals surface area contributed by atoms with Crippen molar-refractivity contribution < 1.29 is 9.53 Å². The van der Waals surface area contributed by atoms with Gasteiger partial charge >= 0.3 is 0 Å². The van der Waals surface area contributed by atoms with Crippen molar-refractivity contribution in [1.29, 1.82) is 0 Å². The Bertz CT molecular complexity index is 1070. The summed E-state index contributed by atoms with van der Waals surface area (Å²) in [5.41, 5.74) is 1.29. The first-order valence-electron chi connectivity index (χ1n) is 11.2. The number of anilines is 3. The molecule has 1 aliphatic heterocycles. The molecule has 0 aliphatic carbocycles. The van der Waals surface area contributed by atoms with Crippen LogP contribution in [-0.2, 0) is 0 Å². The largest absolute Gasteiger partial charge is 0.485 e. The molecule has 3 aromatic rings. The second-order valence-corrected chi connectivity index (χ2v) is 8.83. The third-order valence-electron chi connectivity index (χ3n) is 5.52. The number of nitrogens with zero attached hydrogens (tertiary/aromatic N) is 4. The summed E-state index contributed by atoms with van der Waals surface area (Å²) in [5.74, 6) is 1.80. The number of carbonyl (C=O) groups excluding carboxylic acids is 1. The van der Waals surface area contributed by atoms with E-state index in [4.69, 9.17) is 4.74 Å². The van der Waals surface area contributed by atoms with Crippen LogP contribution < -0.4 is 25.2 Å². The van der Waals surface area contributed by atoms with Crippen LogP contribution in [0.5, 0.6) is 5.75 Å². The molecule has 0 unspecified atom stereocenters. The van der Waals surface area contributed by atoms with Gasteiger partial charge in [-0.05, 0) is 44.1 Å². The smallest absolute Gasteiger partial charge is 0.263 e. The van der Waals surface area contributed by atoms with Crippen molar-refractivity contribution in [2.24, 2.45) is 0 Å². The molecule has 0 fully saturated rings. The van der Waals surface area contributed by atoms with Gasteiger partial charge in [-0.25, -0.2) is 4.98 Å². The topological polar surface area (TPSA) is 82.6 Å². The fourth-order valence-electron chi connectivity index (χ4n) is 3.81. The molecule has 33 heavy (non-hydrogen) atoms. The first-order valence-corrected chi connectivity index (χ1v) is 12.1. The quantitative estimate of drug-likeness (QED) is 0.496. The Morgan fingerprint density at radius 1 is 1.24 bits per heavy atom. The number of fused-ring (bicyclic) bond motifs is 1. The molecule has 174 valence electrons. The number of ether oxygens (including phenoxy) is 1. The number of benzene rings is 1. The molecule has 1 aliphatic rings. The van der Waals surface area contributed by atoms with Crippen molar-refractivity contribution in [1.82, 2.24) is 15.3 Å². The summed E-state index contributed by atoms with van der Waals surface area (Å²) in [7, 11) is 3.89.